The van der Waals surface area contributed by atoms with Crippen LogP contribution in [0.1, 0.15) is 26.9 Å². The van der Waals surface area contributed by atoms with E-state index in [-0.39, 0.29) is 5.38 Å². The third-order valence-corrected chi connectivity index (χ3v) is 5.71. The van der Waals surface area contributed by atoms with Crippen LogP contribution in [-0.2, 0) is 0 Å². The Balaban J connectivity index is 2.36. The van der Waals surface area contributed by atoms with Crippen molar-refractivity contribution >= 4 is 50.5 Å². The van der Waals surface area contributed by atoms with Crippen molar-refractivity contribution in [2.45, 2.75) is 19.2 Å². The van der Waals surface area contributed by atoms with Crippen molar-refractivity contribution in [2.75, 3.05) is 0 Å². The highest BCUT2D eigenvalue weighted by Gasteiger charge is 2.15. The lowest BCUT2D eigenvalue weighted by atomic mass is 10.1. The molecule has 0 fully saturated rings. The zero-order valence-electron chi connectivity index (χ0n) is 9.43. The Bertz CT molecular complexity index is 529. The molecule has 0 aliphatic heterocycles. The van der Waals surface area contributed by atoms with E-state index in [9.17, 15) is 0 Å². The average molecular weight is 350 g/mol. The minimum atomic E-state index is -0.136. The van der Waals surface area contributed by atoms with Gasteiger partial charge < -0.3 is 0 Å². The molecule has 0 aliphatic carbocycles. The Kier molecular flexibility index (Phi) is 4.19. The van der Waals surface area contributed by atoms with Crippen molar-refractivity contribution in [3.05, 3.63) is 54.6 Å². The zero-order valence-corrected chi connectivity index (χ0v) is 13.3. The van der Waals surface area contributed by atoms with Crippen LogP contribution in [0, 0.1) is 13.8 Å². The van der Waals surface area contributed by atoms with Crippen LogP contribution < -0.4 is 0 Å². The summed E-state index contributed by atoms with van der Waals surface area (Å²) in [5.74, 6) is 0. The molecule has 0 bridgehead atoms. The maximum atomic E-state index is 6.47. The predicted molar refractivity (Wildman–Crippen MR) is 80.6 cm³/mol. The van der Waals surface area contributed by atoms with Gasteiger partial charge in [0.2, 0.25) is 0 Å². The molecule has 0 nitrogen and oxygen atoms in total. The van der Waals surface area contributed by atoms with E-state index in [2.05, 4.69) is 47.1 Å². The summed E-state index contributed by atoms with van der Waals surface area (Å²) in [7, 11) is 0. The van der Waals surface area contributed by atoms with Crippen molar-refractivity contribution in [1.82, 2.24) is 0 Å². The second-order valence-corrected chi connectivity index (χ2v) is 6.95. The molecule has 0 N–H and O–H groups in total. The molecule has 0 saturated heterocycles. The van der Waals surface area contributed by atoms with Crippen molar-refractivity contribution < 1.29 is 0 Å². The van der Waals surface area contributed by atoms with Crippen LogP contribution in [-0.4, -0.2) is 0 Å². The molecule has 1 aromatic carbocycles. The first-order chi connectivity index (χ1) is 7.99. The lowest BCUT2D eigenvalue weighted by Crippen LogP contribution is -1.91. The van der Waals surface area contributed by atoms with Crippen LogP contribution >= 0.6 is 50.5 Å². The Morgan fingerprint density at radius 2 is 1.88 bits per heavy atom. The second kappa shape index (κ2) is 5.31. The first kappa shape index (κ1) is 13.4. The lowest BCUT2D eigenvalue weighted by molar-refractivity contribution is 1.17. The maximum absolute atomic E-state index is 6.47. The fourth-order valence-electron chi connectivity index (χ4n) is 1.54. The molecular weight excluding hydrogens is 339 g/mol. The molecule has 90 valence electrons. The Morgan fingerprint density at radius 1 is 1.18 bits per heavy atom. The summed E-state index contributed by atoms with van der Waals surface area (Å²) in [6.07, 6.45) is 0. The highest BCUT2D eigenvalue weighted by molar-refractivity contribution is 9.10. The zero-order chi connectivity index (χ0) is 12.6. The highest BCUT2D eigenvalue weighted by atomic mass is 79.9. The van der Waals surface area contributed by atoms with Gasteiger partial charge in [0.15, 0.2) is 0 Å². The molecule has 0 amide bonds. The SMILES string of the molecule is Cc1ccc(C(Cl)c2cc(C)c(Cl)s2)cc1Br. The Labute approximate surface area is 124 Å². The summed E-state index contributed by atoms with van der Waals surface area (Å²) in [6, 6.07) is 8.24. The van der Waals surface area contributed by atoms with Gasteiger partial charge in [-0.1, -0.05) is 39.7 Å². The molecule has 0 spiro atoms. The summed E-state index contributed by atoms with van der Waals surface area (Å²) in [5.41, 5.74) is 3.38. The third kappa shape index (κ3) is 2.87. The summed E-state index contributed by atoms with van der Waals surface area (Å²) in [5, 5.41) is -0.136. The average Bonchev–Trinajstić information content (AvgIpc) is 2.62. The molecular formula is C13H11BrCl2S. The largest absolute Gasteiger partial charge is 0.126 e. The molecule has 1 atom stereocenters. The Morgan fingerprint density at radius 3 is 2.41 bits per heavy atom. The summed E-state index contributed by atoms with van der Waals surface area (Å²) in [6.45, 7) is 4.06. The fourth-order valence-corrected chi connectivity index (χ4v) is 3.49. The Hall–Kier alpha value is -0.0200. The molecule has 0 saturated carbocycles. The number of aryl methyl sites for hydroxylation is 2. The molecule has 2 rings (SSSR count). The smallest absolute Gasteiger partial charge is 0.0960 e. The summed E-state index contributed by atoms with van der Waals surface area (Å²) < 4.78 is 1.90. The van der Waals surface area contributed by atoms with E-state index in [1.165, 1.54) is 5.56 Å². The van der Waals surface area contributed by atoms with Gasteiger partial charge in [-0.05, 0) is 42.7 Å². The van der Waals surface area contributed by atoms with Crippen LogP contribution in [0.3, 0.4) is 0 Å². The predicted octanol–water partition coefficient (Wildman–Crippen LogP) is 6.11. The standard InChI is InChI=1S/C13H11BrCl2S/c1-7-3-4-9(6-10(7)14)12(15)11-5-8(2)13(16)17-11/h3-6,12H,1-2H3. The van der Waals surface area contributed by atoms with Gasteiger partial charge in [-0.2, -0.15) is 0 Å². The number of rotatable bonds is 2. The van der Waals surface area contributed by atoms with Gasteiger partial charge in [0.25, 0.3) is 0 Å². The van der Waals surface area contributed by atoms with Gasteiger partial charge in [-0.25, -0.2) is 0 Å². The van der Waals surface area contributed by atoms with Crippen molar-refractivity contribution in [1.29, 1.82) is 0 Å². The number of thiophene rings is 1. The molecule has 0 radical (unpaired) electrons. The second-order valence-electron chi connectivity index (χ2n) is 3.98. The number of hydrogen-bond donors (Lipinski definition) is 0. The van der Waals surface area contributed by atoms with E-state index < -0.39 is 0 Å². The minimum Gasteiger partial charge on any atom is -0.126 e. The number of hydrogen-bond acceptors (Lipinski definition) is 1. The van der Waals surface area contributed by atoms with E-state index in [0.29, 0.717) is 0 Å². The summed E-state index contributed by atoms with van der Waals surface area (Å²) >= 11 is 17.6. The monoisotopic (exact) mass is 348 g/mol. The first-order valence-electron chi connectivity index (χ1n) is 5.15. The van der Waals surface area contributed by atoms with Crippen LogP contribution in [0.5, 0.6) is 0 Å². The third-order valence-electron chi connectivity index (χ3n) is 2.61. The van der Waals surface area contributed by atoms with Crippen LogP contribution in [0.2, 0.25) is 4.34 Å². The fraction of sp³-hybridized carbons (Fsp3) is 0.231. The minimum absolute atomic E-state index is 0.136. The molecule has 4 heteroatoms. The molecule has 2 aromatic rings. The molecule has 0 aliphatic rings. The van der Waals surface area contributed by atoms with Gasteiger partial charge in [-0.15, -0.1) is 22.9 Å². The molecule has 1 heterocycles. The topological polar surface area (TPSA) is 0 Å². The van der Waals surface area contributed by atoms with Crippen molar-refractivity contribution in [3.63, 3.8) is 0 Å². The van der Waals surface area contributed by atoms with E-state index >= 15 is 0 Å². The van der Waals surface area contributed by atoms with E-state index in [4.69, 9.17) is 23.2 Å². The number of halogens is 3. The van der Waals surface area contributed by atoms with E-state index in [0.717, 1.165) is 24.8 Å². The number of benzene rings is 1. The molecule has 1 aromatic heterocycles. The van der Waals surface area contributed by atoms with Crippen LogP contribution in [0.15, 0.2) is 28.7 Å². The van der Waals surface area contributed by atoms with E-state index in [1.54, 1.807) is 11.3 Å². The van der Waals surface area contributed by atoms with Crippen LogP contribution in [0.25, 0.3) is 0 Å². The normalized spacial score (nSPS) is 12.8. The van der Waals surface area contributed by atoms with Gasteiger partial charge >= 0.3 is 0 Å². The van der Waals surface area contributed by atoms with Crippen LogP contribution in [0.4, 0.5) is 0 Å². The quantitative estimate of drug-likeness (QED) is 0.574. The van der Waals surface area contributed by atoms with Gasteiger partial charge in [-0.3, -0.25) is 0 Å². The summed E-state index contributed by atoms with van der Waals surface area (Å²) in [4.78, 5) is 1.09. The highest BCUT2D eigenvalue weighted by Crippen LogP contribution is 2.38. The van der Waals surface area contributed by atoms with Crippen molar-refractivity contribution in [3.8, 4) is 0 Å². The maximum Gasteiger partial charge on any atom is 0.0960 e. The lowest BCUT2D eigenvalue weighted by Gasteiger charge is -2.09. The number of alkyl halides is 1. The first-order valence-corrected chi connectivity index (χ1v) is 7.57. The van der Waals surface area contributed by atoms with Gasteiger partial charge in [0.1, 0.15) is 0 Å². The van der Waals surface area contributed by atoms with Crippen molar-refractivity contribution in [2.24, 2.45) is 0 Å². The molecule has 17 heavy (non-hydrogen) atoms. The van der Waals surface area contributed by atoms with E-state index in [1.807, 2.05) is 6.92 Å². The van der Waals surface area contributed by atoms with Gasteiger partial charge in [0.05, 0.1) is 9.71 Å². The molecule has 1 unspecified atom stereocenters. The van der Waals surface area contributed by atoms with Gasteiger partial charge in [0, 0.05) is 9.35 Å².